The number of aliphatic hydroxyl groups is 1. The van der Waals surface area contributed by atoms with Gasteiger partial charge in [-0.1, -0.05) is 0 Å². The van der Waals surface area contributed by atoms with Gasteiger partial charge in [-0.25, -0.2) is 14.5 Å². The summed E-state index contributed by atoms with van der Waals surface area (Å²) in [6, 6.07) is 8.73. The molecule has 1 aliphatic rings. The van der Waals surface area contributed by atoms with Gasteiger partial charge in [0.1, 0.15) is 22.9 Å². The molecule has 1 atom stereocenters. The van der Waals surface area contributed by atoms with E-state index in [1.807, 2.05) is 13.8 Å². The second-order valence-corrected chi connectivity index (χ2v) is 9.56. The predicted octanol–water partition coefficient (Wildman–Crippen LogP) is 2.00. The van der Waals surface area contributed by atoms with Crippen LogP contribution in [0.4, 0.5) is 4.39 Å². The fourth-order valence-corrected chi connectivity index (χ4v) is 3.82. The summed E-state index contributed by atoms with van der Waals surface area (Å²) in [7, 11) is 0. The lowest BCUT2D eigenvalue weighted by atomic mass is 10.1. The van der Waals surface area contributed by atoms with Gasteiger partial charge in [0.2, 0.25) is 0 Å². The second-order valence-electron chi connectivity index (χ2n) is 7.78. The normalized spacial score (nSPS) is 15.0. The number of carbonyl (C=O) groups is 1. The van der Waals surface area contributed by atoms with Crippen molar-refractivity contribution < 1.29 is 33.7 Å². The number of amidine groups is 1. The second kappa shape index (κ2) is 11.4. The molecule has 2 aromatic carbocycles. The Bertz CT molecular complexity index is 1070. The van der Waals surface area contributed by atoms with E-state index in [0.29, 0.717) is 35.8 Å². The summed E-state index contributed by atoms with van der Waals surface area (Å²) in [6.07, 6.45) is 4.50. The smallest absolute Gasteiger partial charge is 0.339 e. The molecule has 2 aromatic rings. The molecule has 1 aliphatic carbocycles. The van der Waals surface area contributed by atoms with Crippen LogP contribution in [-0.4, -0.2) is 45.9 Å². The maximum atomic E-state index is 14.6. The van der Waals surface area contributed by atoms with Crippen molar-refractivity contribution in [3.8, 4) is 17.2 Å². The Balaban J connectivity index is 1.86. The first-order valence-corrected chi connectivity index (χ1v) is 12.3. The Labute approximate surface area is 200 Å². The van der Waals surface area contributed by atoms with E-state index in [1.165, 1.54) is 36.4 Å². The third-order valence-corrected chi connectivity index (χ3v) is 6.44. The molecule has 0 bridgehead atoms. The summed E-state index contributed by atoms with van der Waals surface area (Å²) in [5.74, 6) is -0.137. The lowest BCUT2D eigenvalue weighted by molar-refractivity contribution is -0.115. The summed E-state index contributed by atoms with van der Waals surface area (Å²) < 4.78 is 36.2. The molecule has 0 aromatic heterocycles. The highest BCUT2D eigenvalue weighted by atomic mass is 32.2. The molecule has 1 amide bonds. The highest BCUT2D eigenvalue weighted by Gasteiger charge is 2.45. The lowest BCUT2D eigenvalue weighted by Gasteiger charge is -2.17. The number of nitrogens with two attached hydrogens (primary N) is 1. The van der Waals surface area contributed by atoms with Gasteiger partial charge in [0.15, 0.2) is 27.6 Å². The van der Waals surface area contributed by atoms with E-state index in [-0.39, 0.29) is 29.5 Å². The molecule has 34 heavy (non-hydrogen) atoms. The zero-order valence-electron chi connectivity index (χ0n) is 19.1. The zero-order chi connectivity index (χ0) is 24.7. The average Bonchev–Trinajstić information content (AvgIpc) is 3.59. The largest absolute Gasteiger partial charge is 0.485 e. The number of nitrogens with one attached hydrogen (secondary N) is 2. The van der Waals surface area contributed by atoms with Crippen LogP contribution < -0.4 is 25.5 Å². The van der Waals surface area contributed by atoms with Gasteiger partial charge >= 0.3 is 5.91 Å². The molecule has 0 saturated heterocycles. The van der Waals surface area contributed by atoms with E-state index in [4.69, 9.17) is 14.9 Å². The van der Waals surface area contributed by atoms with Gasteiger partial charge in [-0.3, -0.25) is 5.41 Å². The molecule has 6 N–H and O–H groups in total. The highest BCUT2D eigenvalue weighted by molar-refractivity contribution is 7.91. The first-order chi connectivity index (χ1) is 16.3. The quantitative estimate of drug-likeness (QED) is 0.186. The van der Waals surface area contributed by atoms with Crippen molar-refractivity contribution in [3.63, 3.8) is 0 Å². The fraction of sp³-hybridized carbons (Fsp3) is 0.333. The lowest BCUT2D eigenvalue weighted by Crippen LogP contribution is -2.49. The van der Waals surface area contributed by atoms with Crippen molar-refractivity contribution in [3.05, 3.63) is 60.1 Å². The van der Waals surface area contributed by atoms with Gasteiger partial charge < -0.3 is 19.9 Å². The van der Waals surface area contributed by atoms with Gasteiger partial charge in [0, 0.05) is 37.0 Å². The van der Waals surface area contributed by atoms with Crippen LogP contribution in [0.2, 0.25) is 0 Å². The molecule has 0 radical (unpaired) electrons. The Morgan fingerprint density at radius 2 is 1.97 bits per heavy atom. The third kappa shape index (κ3) is 6.72. The number of carbonyl (C=O) groups excluding carboxylic acids is 1. The van der Waals surface area contributed by atoms with Crippen molar-refractivity contribution in [2.45, 2.75) is 37.2 Å². The van der Waals surface area contributed by atoms with E-state index in [9.17, 15) is 18.8 Å². The monoisotopic (exact) mass is 491 g/mol. The van der Waals surface area contributed by atoms with Gasteiger partial charge in [-0.15, -0.1) is 0 Å². The van der Waals surface area contributed by atoms with Crippen LogP contribution in [0.1, 0.15) is 37.0 Å². The first kappa shape index (κ1) is 25.5. The topological polar surface area (TPSA) is 126 Å². The van der Waals surface area contributed by atoms with E-state index in [1.54, 1.807) is 12.3 Å². The van der Waals surface area contributed by atoms with Crippen molar-refractivity contribution in [2.75, 3.05) is 18.9 Å². The Hall–Kier alpha value is -3.08. The van der Waals surface area contributed by atoms with E-state index in [0.717, 1.165) is 0 Å². The standard InChI is InChI=1S/C24H28FN3O5S/c1-3-27-10-7-22(26)28-23(30)16-11-17(13-18(12-16)33-24(15-29)8-9-24)32-21-6-5-19(14-20(21)25)34(31)4-2/h5-7,10-14,29,31H,3-4,8-9,15H2,1-2H3,(H2-,26,27,28,30)/p+2. The number of halogens is 1. The van der Waals surface area contributed by atoms with Crippen LogP contribution in [0.3, 0.4) is 0 Å². The maximum Gasteiger partial charge on any atom is 0.339 e. The molecule has 1 unspecified atom stereocenters. The van der Waals surface area contributed by atoms with Crippen molar-refractivity contribution in [2.24, 2.45) is 0 Å². The first-order valence-electron chi connectivity index (χ1n) is 10.9. The highest BCUT2D eigenvalue weighted by Crippen LogP contribution is 2.41. The van der Waals surface area contributed by atoms with Crippen LogP contribution in [0.15, 0.2) is 53.6 Å². The molecule has 0 aliphatic heterocycles. The van der Waals surface area contributed by atoms with E-state index in [2.05, 4.69) is 10.6 Å². The SMILES string of the molecule is CCN/C=C\C(=[NH2+])NC(=O)c1cc(Oc2ccc([S+](O)CC)cc2F)cc(OC2(CO)CC2)c1. The van der Waals surface area contributed by atoms with Crippen LogP contribution in [-0.2, 0) is 11.2 Å². The summed E-state index contributed by atoms with van der Waals surface area (Å²) in [5.41, 5.74) is -0.503. The fourth-order valence-electron chi connectivity index (χ4n) is 3.02. The molecule has 182 valence electrons. The van der Waals surface area contributed by atoms with Crippen LogP contribution in [0, 0.1) is 5.82 Å². The number of aliphatic hydroxyl groups excluding tert-OH is 1. The minimum Gasteiger partial charge on any atom is -0.485 e. The summed E-state index contributed by atoms with van der Waals surface area (Å²) in [4.78, 5) is 13.3. The van der Waals surface area contributed by atoms with Gasteiger partial charge in [0.05, 0.1) is 12.2 Å². The summed E-state index contributed by atoms with van der Waals surface area (Å²) >= 11 is -1.05. The Morgan fingerprint density at radius 3 is 2.59 bits per heavy atom. The van der Waals surface area contributed by atoms with Crippen LogP contribution in [0.5, 0.6) is 17.2 Å². The Morgan fingerprint density at radius 1 is 1.24 bits per heavy atom. The summed E-state index contributed by atoms with van der Waals surface area (Å²) in [5, 5.41) is 21.0. The Kier molecular flexibility index (Phi) is 8.54. The predicted molar refractivity (Wildman–Crippen MR) is 129 cm³/mol. The molecule has 0 spiro atoms. The van der Waals surface area contributed by atoms with Crippen LogP contribution >= 0.6 is 0 Å². The number of hydrogen-bond donors (Lipinski definition) is 5. The van der Waals surface area contributed by atoms with Crippen molar-refractivity contribution in [1.29, 1.82) is 0 Å². The molecule has 10 heteroatoms. The van der Waals surface area contributed by atoms with Gasteiger partial charge in [-0.2, -0.15) is 4.55 Å². The molecular formula is C24H30FN3O5S+2. The maximum absolute atomic E-state index is 14.6. The molecule has 1 saturated carbocycles. The number of benzene rings is 2. The third-order valence-electron chi connectivity index (χ3n) is 5.09. The van der Waals surface area contributed by atoms with Crippen molar-refractivity contribution in [1.82, 2.24) is 10.6 Å². The molecule has 8 nitrogen and oxygen atoms in total. The van der Waals surface area contributed by atoms with Crippen LogP contribution in [0.25, 0.3) is 0 Å². The number of rotatable bonds is 11. The molecule has 0 heterocycles. The number of amides is 1. The zero-order valence-corrected chi connectivity index (χ0v) is 20.0. The van der Waals surface area contributed by atoms with Crippen molar-refractivity contribution >= 4 is 22.9 Å². The van der Waals surface area contributed by atoms with E-state index >= 15 is 0 Å². The molecule has 1 fully saturated rings. The summed E-state index contributed by atoms with van der Waals surface area (Å²) in [6.45, 7) is 4.28. The molecular weight excluding hydrogens is 461 g/mol. The minimum absolute atomic E-state index is 0.0664. The average molecular weight is 492 g/mol. The van der Waals surface area contributed by atoms with Gasteiger partial charge in [-0.05, 0) is 44.9 Å². The molecule has 3 rings (SSSR count). The van der Waals surface area contributed by atoms with Gasteiger partial charge in [0.25, 0.3) is 5.84 Å². The number of ether oxygens (including phenoxy) is 2. The van der Waals surface area contributed by atoms with E-state index < -0.39 is 28.5 Å². The number of hydrogen-bond acceptors (Lipinski definition) is 6. The minimum atomic E-state index is -1.05.